The number of anilines is 1. The molecule has 2 amide bonds. The molecule has 0 saturated carbocycles. The second-order valence-corrected chi connectivity index (χ2v) is 6.28. The van der Waals surface area contributed by atoms with Gasteiger partial charge in [0.25, 0.3) is 0 Å². The van der Waals surface area contributed by atoms with Crippen LogP contribution in [-0.4, -0.2) is 29.5 Å². The highest BCUT2D eigenvalue weighted by Gasteiger charge is 2.07. The number of rotatable bonds is 7. The molecule has 1 aromatic carbocycles. The average Bonchev–Trinajstić information content (AvgIpc) is 2.42. The highest BCUT2D eigenvalue weighted by Crippen LogP contribution is 2.28. The lowest BCUT2D eigenvalue weighted by Gasteiger charge is -2.13. The molecule has 0 saturated heterocycles. The number of aliphatic hydroxyl groups is 1. The van der Waals surface area contributed by atoms with E-state index in [9.17, 15) is 4.79 Å². The number of hydrogen-bond acceptors (Lipinski definition) is 3. The van der Waals surface area contributed by atoms with Crippen LogP contribution in [0, 0.1) is 6.92 Å². The molecule has 0 aliphatic heterocycles. The van der Waals surface area contributed by atoms with Crippen LogP contribution in [0.5, 0.6) is 0 Å². The minimum Gasteiger partial charge on any atom is -0.396 e. The Hall–Kier alpha value is -1.20. The molecule has 4 nitrogen and oxygen atoms in total. The maximum atomic E-state index is 11.6. The molecule has 1 rings (SSSR count). The van der Waals surface area contributed by atoms with E-state index in [-0.39, 0.29) is 12.6 Å². The molecule has 0 bridgehead atoms. The molecular formula is C15H24N2O2S. The van der Waals surface area contributed by atoms with Gasteiger partial charge in [-0.25, -0.2) is 4.79 Å². The van der Waals surface area contributed by atoms with Gasteiger partial charge in [0.2, 0.25) is 0 Å². The van der Waals surface area contributed by atoms with Crippen LogP contribution in [0.4, 0.5) is 10.5 Å². The molecule has 1 aromatic rings. The van der Waals surface area contributed by atoms with E-state index in [2.05, 4.69) is 30.5 Å². The van der Waals surface area contributed by atoms with Crippen molar-refractivity contribution in [3.05, 3.63) is 23.8 Å². The van der Waals surface area contributed by atoms with Gasteiger partial charge in [-0.1, -0.05) is 13.8 Å². The fourth-order valence-electron chi connectivity index (χ4n) is 1.61. The molecule has 0 radical (unpaired) electrons. The van der Waals surface area contributed by atoms with E-state index < -0.39 is 0 Å². The SMILES string of the molecule is CCC(C)Sc1ccc(NC(=O)NCCCO)c(C)c1. The number of thioether (sulfide) groups is 1. The average molecular weight is 296 g/mol. The standard InChI is InChI=1S/C15H24N2O2S/c1-4-12(3)20-13-6-7-14(11(2)10-13)17-15(19)16-8-5-9-18/h6-7,10,12,18H,4-5,8-9H2,1-3H3,(H2,16,17,19). The van der Waals surface area contributed by atoms with Crippen molar-refractivity contribution in [1.29, 1.82) is 0 Å². The van der Waals surface area contributed by atoms with E-state index in [1.807, 2.05) is 30.8 Å². The largest absolute Gasteiger partial charge is 0.396 e. The van der Waals surface area contributed by atoms with Gasteiger partial charge >= 0.3 is 6.03 Å². The number of carbonyl (C=O) groups is 1. The molecule has 0 aliphatic rings. The number of carbonyl (C=O) groups excluding carboxylic acids is 1. The lowest BCUT2D eigenvalue weighted by Crippen LogP contribution is -2.30. The molecule has 5 heteroatoms. The summed E-state index contributed by atoms with van der Waals surface area (Å²) in [5.41, 5.74) is 1.87. The van der Waals surface area contributed by atoms with Gasteiger partial charge in [0, 0.05) is 29.0 Å². The number of amides is 2. The second-order valence-electron chi connectivity index (χ2n) is 4.77. The van der Waals surface area contributed by atoms with Crippen molar-refractivity contribution in [3.63, 3.8) is 0 Å². The number of aliphatic hydroxyl groups excluding tert-OH is 1. The van der Waals surface area contributed by atoms with Crippen LogP contribution in [0.3, 0.4) is 0 Å². The van der Waals surface area contributed by atoms with Crippen LogP contribution in [-0.2, 0) is 0 Å². The van der Waals surface area contributed by atoms with E-state index in [4.69, 9.17) is 5.11 Å². The smallest absolute Gasteiger partial charge is 0.319 e. The summed E-state index contributed by atoms with van der Waals surface area (Å²) in [4.78, 5) is 12.9. The highest BCUT2D eigenvalue weighted by atomic mass is 32.2. The maximum absolute atomic E-state index is 11.6. The predicted octanol–water partition coefficient (Wildman–Crippen LogP) is 3.39. The third-order valence-electron chi connectivity index (χ3n) is 2.98. The molecule has 0 aromatic heterocycles. The minimum atomic E-state index is -0.233. The molecular weight excluding hydrogens is 272 g/mol. The fraction of sp³-hybridized carbons (Fsp3) is 0.533. The molecule has 0 fully saturated rings. The van der Waals surface area contributed by atoms with Crippen LogP contribution in [0.25, 0.3) is 0 Å². The van der Waals surface area contributed by atoms with Gasteiger partial charge in [-0.2, -0.15) is 0 Å². The summed E-state index contributed by atoms with van der Waals surface area (Å²) in [6.45, 7) is 6.94. The van der Waals surface area contributed by atoms with Crippen LogP contribution >= 0.6 is 11.8 Å². The Morgan fingerprint density at radius 1 is 1.45 bits per heavy atom. The number of aryl methyl sites for hydroxylation is 1. The van der Waals surface area contributed by atoms with Crippen LogP contribution < -0.4 is 10.6 Å². The van der Waals surface area contributed by atoms with Gasteiger partial charge in [-0.3, -0.25) is 0 Å². The Bertz CT molecular complexity index is 438. The summed E-state index contributed by atoms with van der Waals surface area (Å²) in [5, 5.41) is 14.8. The summed E-state index contributed by atoms with van der Waals surface area (Å²) in [7, 11) is 0. The Kier molecular flexibility index (Phi) is 7.47. The van der Waals surface area contributed by atoms with Crippen LogP contribution in [0.15, 0.2) is 23.1 Å². The number of hydrogen-bond donors (Lipinski definition) is 3. The normalized spacial score (nSPS) is 12.0. The Balaban J connectivity index is 2.57. The summed E-state index contributed by atoms with van der Waals surface area (Å²) in [5.74, 6) is 0. The summed E-state index contributed by atoms with van der Waals surface area (Å²) in [6, 6.07) is 5.84. The minimum absolute atomic E-state index is 0.0842. The lowest BCUT2D eigenvalue weighted by atomic mass is 10.2. The van der Waals surface area contributed by atoms with E-state index >= 15 is 0 Å². The third kappa shape index (κ3) is 5.84. The van der Waals surface area contributed by atoms with Crippen molar-refractivity contribution in [2.75, 3.05) is 18.5 Å². The van der Waals surface area contributed by atoms with Crippen molar-refractivity contribution in [2.24, 2.45) is 0 Å². The molecule has 0 spiro atoms. The molecule has 0 heterocycles. The van der Waals surface area contributed by atoms with Crippen LogP contribution in [0.1, 0.15) is 32.3 Å². The first-order chi connectivity index (χ1) is 9.56. The fourth-order valence-corrected chi connectivity index (χ4v) is 2.64. The monoisotopic (exact) mass is 296 g/mol. The zero-order valence-electron chi connectivity index (χ0n) is 12.4. The number of benzene rings is 1. The maximum Gasteiger partial charge on any atom is 0.319 e. The Labute approximate surface area is 125 Å². The number of urea groups is 1. The first kappa shape index (κ1) is 16.9. The van der Waals surface area contributed by atoms with Crippen molar-refractivity contribution >= 4 is 23.5 Å². The molecule has 1 unspecified atom stereocenters. The topological polar surface area (TPSA) is 61.4 Å². The van der Waals surface area contributed by atoms with Crippen LogP contribution in [0.2, 0.25) is 0 Å². The van der Waals surface area contributed by atoms with Gasteiger partial charge in [-0.15, -0.1) is 11.8 Å². The first-order valence-corrected chi connectivity index (χ1v) is 7.87. The highest BCUT2D eigenvalue weighted by molar-refractivity contribution is 7.99. The van der Waals surface area contributed by atoms with Crippen molar-refractivity contribution in [3.8, 4) is 0 Å². The summed E-state index contributed by atoms with van der Waals surface area (Å²) in [6.07, 6.45) is 1.70. The van der Waals surface area contributed by atoms with Gasteiger partial charge in [0.1, 0.15) is 0 Å². The quantitative estimate of drug-likeness (QED) is 0.534. The van der Waals surface area contributed by atoms with E-state index in [1.54, 1.807) is 0 Å². The number of nitrogens with one attached hydrogen (secondary N) is 2. The van der Waals surface area contributed by atoms with Gasteiger partial charge in [-0.05, 0) is 43.5 Å². The van der Waals surface area contributed by atoms with E-state index in [0.717, 1.165) is 17.7 Å². The van der Waals surface area contributed by atoms with Gasteiger partial charge in [0.05, 0.1) is 0 Å². The predicted molar refractivity (Wildman–Crippen MR) is 85.5 cm³/mol. The van der Waals surface area contributed by atoms with Crippen molar-refractivity contribution in [2.45, 2.75) is 43.8 Å². The molecule has 112 valence electrons. The first-order valence-electron chi connectivity index (χ1n) is 6.99. The van der Waals surface area contributed by atoms with Crippen molar-refractivity contribution < 1.29 is 9.90 Å². The molecule has 3 N–H and O–H groups in total. The Morgan fingerprint density at radius 3 is 2.80 bits per heavy atom. The van der Waals surface area contributed by atoms with E-state index in [0.29, 0.717) is 18.2 Å². The van der Waals surface area contributed by atoms with Gasteiger partial charge in [0.15, 0.2) is 0 Å². The van der Waals surface area contributed by atoms with E-state index in [1.165, 1.54) is 4.90 Å². The Morgan fingerprint density at radius 2 is 2.20 bits per heavy atom. The summed E-state index contributed by atoms with van der Waals surface area (Å²) >= 11 is 1.85. The lowest BCUT2D eigenvalue weighted by molar-refractivity contribution is 0.249. The molecule has 0 aliphatic carbocycles. The zero-order valence-corrected chi connectivity index (χ0v) is 13.2. The molecule has 1 atom stereocenters. The summed E-state index contributed by atoms with van der Waals surface area (Å²) < 4.78 is 0. The van der Waals surface area contributed by atoms with Gasteiger partial charge < -0.3 is 15.7 Å². The zero-order chi connectivity index (χ0) is 15.0. The molecule has 20 heavy (non-hydrogen) atoms. The van der Waals surface area contributed by atoms with Crippen molar-refractivity contribution in [1.82, 2.24) is 5.32 Å². The third-order valence-corrected chi connectivity index (χ3v) is 4.24. The second kappa shape index (κ2) is 8.87.